The van der Waals surface area contributed by atoms with Crippen LogP contribution in [-0.2, 0) is 6.54 Å². The summed E-state index contributed by atoms with van der Waals surface area (Å²) in [6.45, 7) is 6.96. The van der Waals surface area contributed by atoms with Crippen LogP contribution in [0.4, 0.5) is 0 Å². The summed E-state index contributed by atoms with van der Waals surface area (Å²) >= 11 is 5.88. The Hall–Kier alpha value is -0.570. The largest absolute Gasteiger partial charge is 0.390 e. The first-order chi connectivity index (χ1) is 8.45. The van der Waals surface area contributed by atoms with Gasteiger partial charge in [0.1, 0.15) is 0 Å². The summed E-state index contributed by atoms with van der Waals surface area (Å²) in [5, 5.41) is 10.8. The lowest BCUT2D eigenvalue weighted by atomic mass is 9.83. The van der Waals surface area contributed by atoms with E-state index in [1.165, 1.54) is 5.56 Å². The van der Waals surface area contributed by atoms with Gasteiger partial charge in [-0.2, -0.15) is 0 Å². The summed E-state index contributed by atoms with van der Waals surface area (Å²) < 4.78 is 0. The Balaban J connectivity index is 1.85. The van der Waals surface area contributed by atoms with Gasteiger partial charge in [0.25, 0.3) is 0 Å². The zero-order valence-corrected chi connectivity index (χ0v) is 12.0. The average molecular weight is 268 g/mol. The highest BCUT2D eigenvalue weighted by Gasteiger charge is 2.30. The molecule has 1 heterocycles. The fraction of sp³-hybridized carbons (Fsp3) is 0.600. The van der Waals surface area contributed by atoms with E-state index in [0.29, 0.717) is 5.92 Å². The van der Waals surface area contributed by atoms with Gasteiger partial charge in [0, 0.05) is 11.6 Å². The Morgan fingerprint density at radius 1 is 1.22 bits per heavy atom. The molecule has 1 aliphatic rings. The van der Waals surface area contributed by atoms with Crippen molar-refractivity contribution in [3.8, 4) is 0 Å². The highest BCUT2D eigenvalue weighted by Crippen LogP contribution is 2.28. The van der Waals surface area contributed by atoms with Gasteiger partial charge in [-0.05, 0) is 63.4 Å². The number of halogens is 1. The van der Waals surface area contributed by atoms with Gasteiger partial charge in [-0.1, -0.05) is 23.7 Å². The average Bonchev–Trinajstić information content (AvgIpc) is 2.32. The molecule has 1 aromatic carbocycles. The second-order valence-corrected chi connectivity index (χ2v) is 6.27. The first kappa shape index (κ1) is 13.9. The van der Waals surface area contributed by atoms with E-state index in [4.69, 9.17) is 11.6 Å². The lowest BCUT2D eigenvalue weighted by Gasteiger charge is -2.37. The molecule has 18 heavy (non-hydrogen) atoms. The van der Waals surface area contributed by atoms with Crippen LogP contribution in [0.5, 0.6) is 0 Å². The molecule has 0 radical (unpaired) electrons. The number of likely N-dealkylation sites (tertiary alicyclic amines) is 1. The third-order valence-electron chi connectivity index (χ3n) is 3.91. The topological polar surface area (TPSA) is 23.5 Å². The number of rotatable bonds is 3. The van der Waals surface area contributed by atoms with Crippen molar-refractivity contribution >= 4 is 11.6 Å². The fourth-order valence-electron chi connectivity index (χ4n) is 2.65. The van der Waals surface area contributed by atoms with Gasteiger partial charge in [0.05, 0.1) is 5.60 Å². The molecule has 2 rings (SSSR count). The minimum atomic E-state index is -0.535. The number of piperidine rings is 1. The first-order valence-electron chi connectivity index (χ1n) is 6.64. The number of nitrogens with zero attached hydrogens (tertiary/aromatic N) is 1. The molecule has 0 aliphatic carbocycles. The summed E-state index contributed by atoms with van der Waals surface area (Å²) in [6.07, 6.45) is 2.16. The molecular formula is C15H22ClNO. The van der Waals surface area contributed by atoms with Crippen molar-refractivity contribution < 1.29 is 5.11 Å². The fourth-order valence-corrected chi connectivity index (χ4v) is 2.77. The van der Waals surface area contributed by atoms with Gasteiger partial charge >= 0.3 is 0 Å². The van der Waals surface area contributed by atoms with Crippen LogP contribution in [0, 0.1) is 5.92 Å². The van der Waals surface area contributed by atoms with Gasteiger partial charge in [0.15, 0.2) is 0 Å². The summed E-state index contributed by atoms with van der Waals surface area (Å²) in [7, 11) is 0. The normalized spacial score (nSPS) is 19.1. The van der Waals surface area contributed by atoms with Gasteiger partial charge in [-0.3, -0.25) is 4.90 Å². The molecule has 1 N–H and O–H groups in total. The molecule has 2 nitrogen and oxygen atoms in total. The maximum atomic E-state index is 10.0. The van der Waals surface area contributed by atoms with Crippen LogP contribution in [0.3, 0.4) is 0 Å². The summed E-state index contributed by atoms with van der Waals surface area (Å²) in [6, 6.07) is 8.07. The Kier molecular flexibility index (Phi) is 4.31. The van der Waals surface area contributed by atoms with E-state index in [1.807, 2.05) is 26.0 Å². The zero-order chi connectivity index (χ0) is 13.2. The van der Waals surface area contributed by atoms with Crippen molar-refractivity contribution in [2.45, 2.75) is 38.8 Å². The minimum absolute atomic E-state index is 0.430. The quantitative estimate of drug-likeness (QED) is 0.908. The Morgan fingerprint density at radius 2 is 1.78 bits per heavy atom. The van der Waals surface area contributed by atoms with Crippen molar-refractivity contribution in [1.29, 1.82) is 0 Å². The molecule has 1 aliphatic heterocycles. The Labute approximate surface area is 115 Å². The standard InChI is InChI=1S/C15H22ClNO/c1-15(2,18)13-7-9-17(10-8-13)11-12-3-5-14(16)6-4-12/h3-6,13,18H,7-11H2,1-2H3. The van der Waals surface area contributed by atoms with E-state index in [2.05, 4.69) is 17.0 Å². The van der Waals surface area contributed by atoms with E-state index >= 15 is 0 Å². The van der Waals surface area contributed by atoms with E-state index in [1.54, 1.807) is 0 Å². The molecule has 0 spiro atoms. The Bertz CT molecular complexity index is 374. The molecule has 3 heteroatoms. The summed E-state index contributed by atoms with van der Waals surface area (Å²) in [4.78, 5) is 2.45. The maximum absolute atomic E-state index is 10.0. The molecule has 0 unspecified atom stereocenters. The van der Waals surface area contributed by atoms with Crippen LogP contribution in [0.1, 0.15) is 32.3 Å². The third kappa shape index (κ3) is 3.71. The van der Waals surface area contributed by atoms with Crippen LogP contribution >= 0.6 is 11.6 Å². The molecule has 0 atom stereocenters. The molecule has 0 bridgehead atoms. The third-order valence-corrected chi connectivity index (χ3v) is 4.16. The van der Waals surface area contributed by atoms with Gasteiger partial charge in [-0.25, -0.2) is 0 Å². The van der Waals surface area contributed by atoms with Gasteiger partial charge < -0.3 is 5.11 Å². The smallest absolute Gasteiger partial charge is 0.0620 e. The number of hydrogen-bond donors (Lipinski definition) is 1. The molecule has 0 amide bonds. The number of hydrogen-bond acceptors (Lipinski definition) is 2. The van der Waals surface area contributed by atoms with Crippen LogP contribution in [0.15, 0.2) is 24.3 Å². The van der Waals surface area contributed by atoms with Crippen LogP contribution in [-0.4, -0.2) is 28.7 Å². The predicted molar refractivity (Wildman–Crippen MR) is 75.8 cm³/mol. The molecule has 0 saturated carbocycles. The maximum Gasteiger partial charge on any atom is 0.0620 e. The monoisotopic (exact) mass is 267 g/mol. The van der Waals surface area contributed by atoms with Crippen LogP contribution in [0.25, 0.3) is 0 Å². The molecular weight excluding hydrogens is 246 g/mol. The van der Waals surface area contributed by atoms with Crippen LogP contribution in [0.2, 0.25) is 5.02 Å². The lowest BCUT2D eigenvalue weighted by molar-refractivity contribution is -0.0136. The van der Waals surface area contributed by atoms with E-state index in [9.17, 15) is 5.11 Å². The second kappa shape index (κ2) is 5.60. The lowest BCUT2D eigenvalue weighted by Crippen LogP contribution is -2.41. The van der Waals surface area contributed by atoms with E-state index in [-0.39, 0.29) is 0 Å². The molecule has 1 saturated heterocycles. The van der Waals surface area contributed by atoms with Crippen molar-refractivity contribution in [2.24, 2.45) is 5.92 Å². The predicted octanol–water partition coefficient (Wildman–Crippen LogP) is 3.32. The number of benzene rings is 1. The summed E-state index contributed by atoms with van der Waals surface area (Å²) in [5.74, 6) is 0.430. The Morgan fingerprint density at radius 3 is 2.28 bits per heavy atom. The second-order valence-electron chi connectivity index (χ2n) is 5.83. The number of aliphatic hydroxyl groups is 1. The van der Waals surface area contributed by atoms with Gasteiger partial charge in [0.2, 0.25) is 0 Å². The zero-order valence-electron chi connectivity index (χ0n) is 11.2. The molecule has 1 aromatic rings. The molecule has 0 aromatic heterocycles. The van der Waals surface area contributed by atoms with Crippen molar-refractivity contribution in [3.05, 3.63) is 34.9 Å². The SMILES string of the molecule is CC(C)(O)C1CCN(Cc2ccc(Cl)cc2)CC1. The van der Waals surface area contributed by atoms with E-state index in [0.717, 1.165) is 37.5 Å². The van der Waals surface area contributed by atoms with Crippen LogP contribution < -0.4 is 0 Å². The van der Waals surface area contributed by atoms with Crippen molar-refractivity contribution in [2.75, 3.05) is 13.1 Å². The van der Waals surface area contributed by atoms with E-state index < -0.39 is 5.60 Å². The highest BCUT2D eigenvalue weighted by atomic mass is 35.5. The first-order valence-corrected chi connectivity index (χ1v) is 7.02. The molecule has 100 valence electrons. The molecule has 1 fully saturated rings. The van der Waals surface area contributed by atoms with Gasteiger partial charge in [-0.15, -0.1) is 0 Å². The van der Waals surface area contributed by atoms with Crippen molar-refractivity contribution in [3.63, 3.8) is 0 Å². The highest BCUT2D eigenvalue weighted by molar-refractivity contribution is 6.30. The summed E-state index contributed by atoms with van der Waals surface area (Å²) in [5.41, 5.74) is 0.771. The van der Waals surface area contributed by atoms with Crippen molar-refractivity contribution in [1.82, 2.24) is 4.90 Å². The minimum Gasteiger partial charge on any atom is -0.390 e.